The van der Waals surface area contributed by atoms with Gasteiger partial charge in [0, 0.05) is 30.0 Å². The van der Waals surface area contributed by atoms with Gasteiger partial charge in [-0.3, -0.25) is 0 Å². The molecule has 1 atom stereocenters. The molecule has 110 valence electrons. The maximum Gasteiger partial charge on any atom is 0.125 e. The Morgan fingerprint density at radius 2 is 2.15 bits per heavy atom. The summed E-state index contributed by atoms with van der Waals surface area (Å²) in [4.78, 5) is 0. The average molecular weight is 296 g/mol. The van der Waals surface area contributed by atoms with E-state index in [4.69, 9.17) is 26.8 Å². The molecule has 1 heterocycles. The van der Waals surface area contributed by atoms with E-state index < -0.39 is 0 Å². The largest absolute Gasteiger partial charge is 0.490 e. The topological polar surface area (TPSA) is 44.5 Å². The highest BCUT2D eigenvalue weighted by atomic mass is 35.5. The maximum absolute atomic E-state index is 6.20. The molecular formula is C16H22ClNO2. The van der Waals surface area contributed by atoms with Crippen molar-refractivity contribution in [3.8, 4) is 5.75 Å². The summed E-state index contributed by atoms with van der Waals surface area (Å²) in [5, 5.41) is 0.688. The van der Waals surface area contributed by atoms with Crippen molar-refractivity contribution >= 4 is 11.6 Å². The van der Waals surface area contributed by atoms with Crippen molar-refractivity contribution in [2.24, 2.45) is 5.73 Å². The van der Waals surface area contributed by atoms with Crippen LogP contribution in [0, 0.1) is 0 Å². The first-order valence-electron chi connectivity index (χ1n) is 7.50. The molecule has 0 aromatic heterocycles. The Balaban J connectivity index is 1.73. The summed E-state index contributed by atoms with van der Waals surface area (Å²) in [7, 11) is 0. The third-order valence-corrected chi connectivity index (χ3v) is 4.89. The van der Waals surface area contributed by atoms with E-state index in [2.05, 4.69) is 0 Å². The fraction of sp³-hybridized carbons (Fsp3) is 0.625. The SMILES string of the molecule is NCc1c(Cl)cccc1OC1CCOC2(CCCC2)C1. The van der Waals surface area contributed by atoms with Crippen LogP contribution in [0.3, 0.4) is 0 Å². The van der Waals surface area contributed by atoms with Crippen LogP contribution in [-0.4, -0.2) is 18.3 Å². The molecule has 1 aliphatic carbocycles. The van der Waals surface area contributed by atoms with E-state index in [-0.39, 0.29) is 11.7 Å². The van der Waals surface area contributed by atoms with Crippen LogP contribution in [-0.2, 0) is 11.3 Å². The minimum atomic E-state index is 0.0738. The number of benzene rings is 1. The van der Waals surface area contributed by atoms with Gasteiger partial charge in [-0.05, 0) is 25.0 Å². The summed E-state index contributed by atoms with van der Waals surface area (Å²) in [6, 6.07) is 5.74. The standard InChI is InChI=1S/C16H22ClNO2/c17-14-4-3-5-15(13(14)11-18)20-12-6-9-19-16(10-12)7-1-2-8-16/h3-5,12H,1-2,6-11,18H2. The molecule has 2 N–H and O–H groups in total. The van der Waals surface area contributed by atoms with E-state index in [1.54, 1.807) is 0 Å². The number of nitrogens with two attached hydrogens (primary N) is 1. The van der Waals surface area contributed by atoms with Gasteiger partial charge < -0.3 is 15.2 Å². The molecule has 2 fully saturated rings. The van der Waals surface area contributed by atoms with Crippen molar-refractivity contribution in [2.75, 3.05) is 6.61 Å². The van der Waals surface area contributed by atoms with Crippen molar-refractivity contribution in [3.63, 3.8) is 0 Å². The molecule has 1 saturated heterocycles. The first-order valence-corrected chi connectivity index (χ1v) is 7.88. The fourth-order valence-corrected chi connectivity index (χ4v) is 3.72. The third kappa shape index (κ3) is 2.80. The lowest BCUT2D eigenvalue weighted by Crippen LogP contribution is -2.41. The van der Waals surface area contributed by atoms with Crippen LogP contribution in [0.2, 0.25) is 5.02 Å². The van der Waals surface area contributed by atoms with E-state index in [9.17, 15) is 0 Å². The van der Waals surface area contributed by atoms with Gasteiger partial charge in [-0.15, -0.1) is 0 Å². The molecule has 1 aliphatic heterocycles. The molecule has 1 aromatic carbocycles. The van der Waals surface area contributed by atoms with Gasteiger partial charge in [-0.2, -0.15) is 0 Å². The van der Waals surface area contributed by atoms with Crippen LogP contribution in [0.1, 0.15) is 44.1 Å². The van der Waals surface area contributed by atoms with Crippen molar-refractivity contribution in [3.05, 3.63) is 28.8 Å². The van der Waals surface area contributed by atoms with Crippen molar-refractivity contribution in [1.29, 1.82) is 0 Å². The second-order valence-corrected chi connectivity index (χ2v) is 6.30. The molecular weight excluding hydrogens is 274 g/mol. The van der Waals surface area contributed by atoms with E-state index in [0.29, 0.717) is 11.6 Å². The summed E-state index contributed by atoms with van der Waals surface area (Å²) < 4.78 is 12.2. The Morgan fingerprint density at radius 1 is 1.35 bits per heavy atom. The number of rotatable bonds is 3. The molecule has 20 heavy (non-hydrogen) atoms. The Labute approximate surface area is 125 Å². The normalized spacial score (nSPS) is 25.0. The third-order valence-electron chi connectivity index (χ3n) is 4.54. The predicted molar refractivity (Wildman–Crippen MR) is 80.1 cm³/mol. The highest BCUT2D eigenvalue weighted by Gasteiger charge is 2.40. The number of hydrogen-bond donors (Lipinski definition) is 1. The summed E-state index contributed by atoms with van der Waals surface area (Å²) in [5.74, 6) is 0.833. The second-order valence-electron chi connectivity index (χ2n) is 5.89. The van der Waals surface area contributed by atoms with Gasteiger partial charge in [0.05, 0.1) is 12.2 Å². The lowest BCUT2D eigenvalue weighted by atomic mass is 9.90. The molecule has 4 heteroatoms. The highest BCUT2D eigenvalue weighted by molar-refractivity contribution is 6.31. The zero-order chi connectivity index (χ0) is 14.0. The van der Waals surface area contributed by atoms with Gasteiger partial charge in [0.2, 0.25) is 0 Å². The van der Waals surface area contributed by atoms with Crippen LogP contribution in [0.5, 0.6) is 5.75 Å². The zero-order valence-electron chi connectivity index (χ0n) is 11.7. The molecule has 1 unspecified atom stereocenters. The summed E-state index contributed by atoms with van der Waals surface area (Å²) in [5.41, 5.74) is 6.76. The first kappa shape index (κ1) is 14.2. The number of halogens is 1. The zero-order valence-corrected chi connectivity index (χ0v) is 12.5. The molecule has 0 bridgehead atoms. The molecule has 0 radical (unpaired) electrons. The van der Waals surface area contributed by atoms with E-state index >= 15 is 0 Å². The molecule has 1 saturated carbocycles. The van der Waals surface area contributed by atoms with Crippen LogP contribution in [0.15, 0.2) is 18.2 Å². The maximum atomic E-state index is 6.20. The van der Waals surface area contributed by atoms with Gasteiger partial charge in [0.25, 0.3) is 0 Å². The Kier molecular flexibility index (Phi) is 4.20. The smallest absolute Gasteiger partial charge is 0.125 e. The second kappa shape index (κ2) is 5.92. The predicted octanol–water partition coefficient (Wildman–Crippen LogP) is 3.67. The monoisotopic (exact) mass is 295 g/mol. The summed E-state index contributed by atoms with van der Waals surface area (Å²) in [6.45, 7) is 1.20. The van der Waals surface area contributed by atoms with Gasteiger partial charge >= 0.3 is 0 Å². The molecule has 1 spiro atoms. The number of ether oxygens (including phenoxy) is 2. The molecule has 1 aromatic rings. The molecule has 0 amide bonds. The Morgan fingerprint density at radius 3 is 2.90 bits per heavy atom. The van der Waals surface area contributed by atoms with Gasteiger partial charge in [-0.25, -0.2) is 0 Å². The minimum Gasteiger partial charge on any atom is -0.490 e. The minimum absolute atomic E-state index is 0.0738. The van der Waals surface area contributed by atoms with Crippen molar-refractivity contribution in [2.45, 2.75) is 56.8 Å². The Bertz CT molecular complexity index is 472. The summed E-state index contributed by atoms with van der Waals surface area (Å²) in [6.07, 6.45) is 7.04. The highest BCUT2D eigenvalue weighted by Crippen LogP contribution is 2.41. The van der Waals surface area contributed by atoms with E-state index in [1.807, 2.05) is 18.2 Å². The van der Waals surface area contributed by atoms with Crippen molar-refractivity contribution < 1.29 is 9.47 Å². The van der Waals surface area contributed by atoms with Gasteiger partial charge in [-0.1, -0.05) is 30.5 Å². The lowest BCUT2D eigenvalue weighted by Gasteiger charge is -2.38. The van der Waals surface area contributed by atoms with Gasteiger partial charge in [0.15, 0.2) is 0 Å². The molecule has 2 aliphatic rings. The fourth-order valence-electron chi connectivity index (χ4n) is 3.48. The van der Waals surface area contributed by atoms with Gasteiger partial charge in [0.1, 0.15) is 11.9 Å². The lowest BCUT2D eigenvalue weighted by molar-refractivity contribution is -0.108. The van der Waals surface area contributed by atoms with Crippen molar-refractivity contribution in [1.82, 2.24) is 0 Å². The first-order chi connectivity index (χ1) is 9.72. The average Bonchev–Trinajstić information content (AvgIpc) is 2.87. The van der Waals surface area contributed by atoms with E-state index in [0.717, 1.165) is 30.8 Å². The van der Waals surface area contributed by atoms with Crippen LogP contribution >= 0.6 is 11.6 Å². The quantitative estimate of drug-likeness (QED) is 0.925. The van der Waals surface area contributed by atoms with Crippen LogP contribution in [0.4, 0.5) is 0 Å². The van der Waals surface area contributed by atoms with Crippen LogP contribution < -0.4 is 10.5 Å². The number of hydrogen-bond acceptors (Lipinski definition) is 3. The Hall–Kier alpha value is -0.770. The molecule has 3 nitrogen and oxygen atoms in total. The summed E-state index contributed by atoms with van der Waals surface area (Å²) >= 11 is 6.18. The van der Waals surface area contributed by atoms with Crippen LogP contribution in [0.25, 0.3) is 0 Å². The van der Waals surface area contributed by atoms with E-state index in [1.165, 1.54) is 25.7 Å². The molecule has 3 rings (SSSR count).